The van der Waals surface area contributed by atoms with Crippen LogP contribution in [0.15, 0.2) is 13.2 Å². The first-order valence-corrected chi connectivity index (χ1v) is 5.52. The molecular weight excluding hydrogens is 210 g/mol. The summed E-state index contributed by atoms with van der Waals surface area (Å²) >= 11 is 0. The number of carbonyl (C=O) groups excluding carboxylic acids is 2. The van der Waals surface area contributed by atoms with Crippen molar-refractivity contribution in [1.29, 1.82) is 0 Å². The van der Waals surface area contributed by atoms with E-state index in [1.165, 1.54) is 0 Å². The third-order valence-electron chi connectivity index (χ3n) is 1.08. The quantitative estimate of drug-likeness (QED) is 0.304. The van der Waals surface area contributed by atoms with Gasteiger partial charge in [0.1, 0.15) is 0 Å². The molecule has 0 spiro atoms. The zero-order valence-electron chi connectivity index (χ0n) is 6.91. The Hall–Kier alpha value is -0.660. The number of hydrogen-bond acceptors (Lipinski definition) is 5. The topological polar surface area (TPSA) is 84.2 Å². The van der Waals surface area contributed by atoms with E-state index in [0.29, 0.717) is 0 Å². The Morgan fingerprint density at radius 2 is 1.85 bits per heavy atom. The minimum atomic E-state index is -0.733. The van der Waals surface area contributed by atoms with Crippen LogP contribution >= 0.6 is 22.0 Å². The van der Waals surface area contributed by atoms with Crippen molar-refractivity contribution in [3.63, 3.8) is 0 Å². The number of nitrogens with two attached hydrogens (primary N) is 1. The number of nitrogens with one attached hydrogen (secondary N) is 2. The van der Waals surface area contributed by atoms with Gasteiger partial charge in [-0.25, -0.2) is 0 Å². The molecule has 1 rings (SSSR count). The van der Waals surface area contributed by atoms with Gasteiger partial charge < -0.3 is 5.73 Å². The molecule has 0 radical (unpaired) electrons. The van der Waals surface area contributed by atoms with E-state index in [4.69, 9.17) is 5.73 Å². The van der Waals surface area contributed by atoms with Gasteiger partial charge in [-0.05, 0) is 0 Å². The van der Waals surface area contributed by atoms with Crippen LogP contribution in [0.1, 0.15) is 6.42 Å². The monoisotopic (exact) mass is 221 g/mol. The predicted octanol–water partition coefficient (Wildman–Crippen LogP) is -0.0366. The van der Waals surface area contributed by atoms with Crippen LogP contribution in [0.4, 0.5) is 0 Å². The molecule has 0 bridgehead atoms. The summed E-state index contributed by atoms with van der Waals surface area (Å²) in [5, 5.41) is 0. The highest BCUT2D eigenvalue weighted by Crippen LogP contribution is 2.15. The summed E-state index contributed by atoms with van der Waals surface area (Å²) in [5.74, 6) is -0.526. The second kappa shape index (κ2) is 6.81. The van der Waals surface area contributed by atoms with Gasteiger partial charge in [0, 0.05) is 22.0 Å². The van der Waals surface area contributed by atoms with Crippen LogP contribution in [0.3, 0.4) is 0 Å². The molecule has 0 aliphatic carbocycles. The van der Waals surface area contributed by atoms with Gasteiger partial charge in [0.15, 0.2) is 0 Å². The average Bonchev–Trinajstić information content (AvgIpc) is 2.13. The zero-order valence-corrected chi connectivity index (χ0v) is 8.54. The minimum absolute atomic E-state index is 0.0411. The van der Waals surface area contributed by atoms with Crippen molar-refractivity contribution in [3.8, 4) is 0 Å². The molecule has 2 amide bonds. The molecule has 5 nitrogen and oxygen atoms in total. The van der Waals surface area contributed by atoms with E-state index in [-0.39, 0.29) is 18.2 Å². The normalized spacial score (nSPS) is 22.7. The summed E-state index contributed by atoms with van der Waals surface area (Å²) in [5.41, 5.74) is 5.34. The van der Waals surface area contributed by atoms with E-state index in [1.54, 1.807) is 0 Å². The maximum absolute atomic E-state index is 10.9. The minimum Gasteiger partial charge on any atom is -0.319 e. The molecule has 1 heterocycles. The maximum atomic E-state index is 10.9. The summed E-state index contributed by atoms with van der Waals surface area (Å²) in [6, 6.07) is -0.733. The van der Waals surface area contributed by atoms with Crippen LogP contribution in [0, 0.1) is 0 Å². The molecular formula is C6H11N3O2S2. The number of amides is 2. The van der Waals surface area contributed by atoms with Crippen LogP contribution < -0.4 is 15.2 Å². The SMILES string of the molecule is C=C.N[C@H]1CC(=O)NSSNC1=O. The van der Waals surface area contributed by atoms with Gasteiger partial charge in [-0.3, -0.25) is 19.0 Å². The number of hydrogen-bond donors (Lipinski definition) is 3. The van der Waals surface area contributed by atoms with Crippen molar-refractivity contribution in [2.45, 2.75) is 12.5 Å². The molecule has 1 saturated heterocycles. The van der Waals surface area contributed by atoms with Gasteiger partial charge >= 0.3 is 0 Å². The molecule has 0 saturated carbocycles. The van der Waals surface area contributed by atoms with E-state index in [0.717, 1.165) is 22.0 Å². The van der Waals surface area contributed by atoms with Crippen LogP contribution in [-0.4, -0.2) is 17.9 Å². The van der Waals surface area contributed by atoms with Gasteiger partial charge in [-0.1, -0.05) is 0 Å². The van der Waals surface area contributed by atoms with Gasteiger partial charge in [-0.15, -0.1) is 13.2 Å². The summed E-state index contributed by atoms with van der Waals surface area (Å²) in [4.78, 5) is 21.6. The first kappa shape index (κ1) is 12.3. The molecule has 0 aromatic rings. The highest BCUT2D eigenvalue weighted by atomic mass is 33.1. The van der Waals surface area contributed by atoms with Crippen molar-refractivity contribution in [2.24, 2.45) is 5.73 Å². The molecule has 1 atom stereocenters. The van der Waals surface area contributed by atoms with E-state index >= 15 is 0 Å². The van der Waals surface area contributed by atoms with E-state index in [2.05, 4.69) is 22.6 Å². The smallest absolute Gasteiger partial charge is 0.247 e. The molecule has 4 N–H and O–H groups in total. The molecule has 1 fully saturated rings. The lowest BCUT2D eigenvalue weighted by molar-refractivity contribution is -0.125. The first-order valence-electron chi connectivity index (χ1n) is 3.37. The zero-order chi connectivity index (χ0) is 10.3. The Balaban J connectivity index is 0.000000671. The van der Waals surface area contributed by atoms with Gasteiger partial charge in [-0.2, -0.15) is 0 Å². The van der Waals surface area contributed by atoms with Gasteiger partial charge in [0.2, 0.25) is 11.8 Å². The fourth-order valence-corrected chi connectivity index (χ4v) is 1.81. The molecule has 13 heavy (non-hydrogen) atoms. The van der Waals surface area contributed by atoms with Crippen LogP contribution in [0.2, 0.25) is 0 Å². The largest absolute Gasteiger partial charge is 0.319 e. The van der Waals surface area contributed by atoms with Gasteiger partial charge in [0.05, 0.1) is 12.5 Å². The second-order valence-corrected chi connectivity index (χ2v) is 3.71. The fraction of sp³-hybridized carbons (Fsp3) is 0.333. The predicted molar refractivity (Wildman–Crippen MR) is 55.3 cm³/mol. The standard InChI is InChI=1S/C4H7N3O2S2.C2H4/c5-2-1-3(8)6-10-11-7-4(2)9;1-2/h2H,1,5H2,(H,6,8)(H,7,9);1-2H2/t2-;/m0./s1. The van der Waals surface area contributed by atoms with E-state index < -0.39 is 6.04 Å². The Bertz CT molecular complexity index is 200. The van der Waals surface area contributed by atoms with Crippen molar-refractivity contribution >= 4 is 33.8 Å². The second-order valence-electron chi connectivity index (χ2n) is 1.97. The molecule has 7 heteroatoms. The third-order valence-corrected chi connectivity index (χ3v) is 2.51. The molecule has 0 aromatic carbocycles. The van der Waals surface area contributed by atoms with Crippen molar-refractivity contribution in [3.05, 3.63) is 13.2 Å². The lowest BCUT2D eigenvalue weighted by Crippen LogP contribution is -2.42. The lowest BCUT2D eigenvalue weighted by atomic mass is 10.2. The Labute approximate surface area is 84.6 Å². The molecule has 1 aliphatic rings. The van der Waals surface area contributed by atoms with Crippen molar-refractivity contribution in [2.75, 3.05) is 0 Å². The fourth-order valence-electron chi connectivity index (χ4n) is 0.539. The van der Waals surface area contributed by atoms with Crippen LogP contribution in [0.25, 0.3) is 0 Å². The summed E-state index contributed by atoms with van der Waals surface area (Å²) in [6.45, 7) is 6.00. The maximum Gasteiger partial charge on any atom is 0.247 e. The summed E-state index contributed by atoms with van der Waals surface area (Å²) in [7, 11) is 2.12. The van der Waals surface area contributed by atoms with E-state index in [9.17, 15) is 9.59 Å². The highest BCUT2D eigenvalue weighted by molar-refractivity contribution is 8.75. The van der Waals surface area contributed by atoms with Crippen LogP contribution in [0.5, 0.6) is 0 Å². The van der Waals surface area contributed by atoms with Gasteiger partial charge in [0.25, 0.3) is 0 Å². The Kier molecular flexibility index (Phi) is 6.47. The Morgan fingerprint density at radius 3 is 2.46 bits per heavy atom. The summed E-state index contributed by atoms with van der Waals surface area (Å²) < 4.78 is 4.94. The van der Waals surface area contributed by atoms with Crippen LogP contribution in [-0.2, 0) is 9.59 Å². The van der Waals surface area contributed by atoms with Crippen molar-refractivity contribution < 1.29 is 9.59 Å². The Morgan fingerprint density at radius 1 is 1.31 bits per heavy atom. The lowest BCUT2D eigenvalue weighted by Gasteiger charge is -2.13. The highest BCUT2D eigenvalue weighted by Gasteiger charge is 2.19. The third kappa shape index (κ3) is 4.81. The molecule has 74 valence electrons. The number of carbonyl (C=O) groups is 2. The summed E-state index contributed by atoms with van der Waals surface area (Å²) in [6.07, 6.45) is 0.0411. The molecule has 0 aromatic heterocycles. The first-order chi connectivity index (χ1) is 6.20. The molecule has 0 unspecified atom stereocenters. The molecule has 1 aliphatic heterocycles. The average molecular weight is 221 g/mol. The van der Waals surface area contributed by atoms with E-state index in [1.807, 2.05) is 0 Å². The van der Waals surface area contributed by atoms with Crippen molar-refractivity contribution in [1.82, 2.24) is 9.44 Å². The number of rotatable bonds is 0.